The first-order chi connectivity index (χ1) is 10.8. The first-order valence-corrected chi connectivity index (χ1v) is 7.23. The lowest BCUT2D eigenvalue weighted by atomic mass is 10.3. The lowest BCUT2D eigenvalue weighted by molar-refractivity contribution is -0.113. The molecular formula is C13H10N6O2S. The molecule has 3 heterocycles. The molecule has 3 aromatic rings. The average molecular weight is 314 g/mol. The number of amides is 1. The quantitative estimate of drug-likeness (QED) is 0.708. The zero-order valence-corrected chi connectivity index (χ0v) is 12.0. The summed E-state index contributed by atoms with van der Waals surface area (Å²) in [7, 11) is 0. The Bertz CT molecular complexity index is 749. The smallest absolute Gasteiger partial charge is 0.277 e. The first-order valence-electron chi connectivity index (χ1n) is 6.25. The molecule has 0 aromatic carbocycles. The third-order valence-corrected chi connectivity index (χ3v) is 3.28. The molecule has 0 bridgehead atoms. The van der Waals surface area contributed by atoms with Crippen LogP contribution in [0.25, 0.3) is 11.5 Å². The molecule has 1 amide bonds. The van der Waals surface area contributed by atoms with Gasteiger partial charge in [-0.25, -0.2) is 9.97 Å². The van der Waals surface area contributed by atoms with Crippen molar-refractivity contribution >= 4 is 23.6 Å². The third-order valence-electron chi connectivity index (χ3n) is 2.46. The van der Waals surface area contributed by atoms with Gasteiger partial charge < -0.3 is 4.42 Å². The van der Waals surface area contributed by atoms with E-state index in [1.807, 2.05) is 6.07 Å². The van der Waals surface area contributed by atoms with Crippen molar-refractivity contribution in [3.8, 4) is 11.5 Å². The number of anilines is 1. The van der Waals surface area contributed by atoms with Crippen LogP contribution in [0.1, 0.15) is 0 Å². The van der Waals surface area contributed by atoms with Gasteiger partial charge in [-0.15, -0.1) is 10.2 Å². The number of aromatic nitrogens is 5. The monoisotopic (exact) mass is 314 g/mol. The van der Waals surface area contributed by atoms with Gasteiger partial charge in [-0.2, -0.15) is 0 Å². The van der Waals surface area contributed by atoms with Crippen LogP contribution in [0, 0.1) is 0 Å². The van der Waals surface area contributed by atoms with E-state index >= 15 is 0 Å². The maximum Gasteiger partial charge on any atom is 0.277 e. The Morgan fingerprint density at radius 3 is 2.82 bits per heavy atom. The van der Waals surface area contributed by atoms with Crippen molar-refractivity contribution in [1.82, 2.24) is 25.1 Å². The molecule has 1 N–H and O–H groups in total. The summed E-state index contributed by atoms with van der Waals surface area (Å²) >= 11 is 1.13. The molecule has 3 aromatic heterocycles. The predicted molar refractivity (Wildman–Crippen MR) is 78.9 cm³/mol. The van der Waals surface area contributed by atoms with Crippen LogP contribution < -0.4 is 5.32 Å². The number of hydrogen-bond donors (Lipinski definition) is 1. The Kier molecular flexibility index (Phi) is 4.35. The van der Waals surface area contributed by atoms with E-state index in [2.05, 4.69) is 30.5 Å². The van der Waals surface area contributed by atoms with E-state index in [1.54, 1.807) is 36.9 Å². The van der Waals surface area contributed by atoms with Gasteiger partial charge in [0.15, 0.2) is 0 Å². The molecule has 0 spiro atoms. The second-order valence-corrected chi connectivity index (χ2v) is 4.95. The largest absolute Gasteiger partial charge is 0.411 e. The number of rotatable bonds is 5. The molecule has 22 heavy (non-hydrogen) atoms. The van der Waals surface area contributed by atoms with Gasteiger partial charge in [0.25, 0.3) is 5.22 Å². The highest BCUT2D eigenvalue weighted by Gasteiger charge is 2.11. The lowest BCUT2D eigenvalue weighted by Gasteiger charge is -2.00. The molecule has 110 valence electrons. The van der Waals surface area contributed by atoms with Crippen LogP contribution in [0.4, 0.5) is 5.95 Å². The number of hydrogen-bond acceptors (Lipinski definition) is 8. The van der Waals surface area contributed by atoms with E-state index in [0.717, 1.165) is 17.3 Å². The van der Waals surface area contributed by atoms with Crippen molar-refractivity contribution in [2.75, 3.05) is 11.1 Å². The maximum atomic E-state index is 11.8. The van der Waals surface area contributed by atoms with Crippen LogP contribution in [0.15, 0.2) is 52.6 Å². The summed E-state index contributed by atoms with van der Waals surface area (Å²) < 4.78 is 5.46. The highest BCUT2D eigenvalue weighted by atomic mass is 32.2. The molecule has 0 aliphatic heterocycles. The van der Waals surface area contributed by atoms with Crippen molar-refractivity contribution in [2.24, 2.45) is 0 Å². The van der Waals surface area contributed by atoms with Gasteiger partial charge in [-0.05, 0) is 18.2 Å². The fourth-order valence-corrected chi connectivity index (χ4v) is 2.09. The van der Waals surface area contributed by atoms with Gasteiger partial charge in [0.1, 0.15) is 0 Å². The summed E-state index contributed by atoms with van der Waals surface area (Å²) in [6, 6.07) is 5.26. The second-order valence-electron chi connectivity index (χ2n) is 4.02. The Hall–Kier alpha value is -2.81. The normalized spacial score (nSPS) is 10.4. The average Bonchev–Trinajstić information content (AvgIpc) is 3.04. The summed E-state index contributed by atoms with van der Waals surface area (Å²) in [5.41, 5.74) is 0.726. The van der Waals surface area contributed by atoms with Gasteiger partial charge in [0.05, 0.1) is 11.3 Å². The van der Waals surface area contributed by atoms with E-state index < -0.39 is 0 Å². The topological polar surface area (TPSA) is 107 Å². The zero-order chi connectivity index (χ0) is 15.2. The minimum Gasteiger partial charge on any atom is -0.411 e. The highest BCUT2D eigenvalue weighted by Crippen LogP contribution is 2.22. The molecular weight excluding hydrogens is 304 g/mol. The van der Waals surface area contributed by atoms with Gasteiger partial charge in [-0.1, -0.05) is 11.8 Å². The molecule has 0 saturated carbocycles. The van der Waals surface area contributed by atoms with Crippen LogP contribution in [0.3, 0.4) is 0 Å². The Labute approximate surface area is 129 Å². The van der Waals surface area contributed by atoms with E-state index in [-0.39, 0.29) is 17.6 Å². The molecule has 3 rings (SSSR count). The Morgan fingerprint density at radius 2 is 2.05 bits per heavy atom. The van der Waals surface area contributed by atoms with Gasteiger partial charge in [-0.3, -0.25) is 15.1 Å². The summed E-state index contributed by atoms with van der Waals surface area (Å²) in [5.74, 6) is 0.488. The maximum absolute atomic E-state index is 11.8. The van der Waals surface area contributed by atoms with Crippen molar-refractivity contribution in [1.29, 1.82) is 0 Å². The minimum absolute atomic E-state index is 0.118. The molecule has 9 heteroatoms. The number of nitrogens with zero attached hydrogens (tertiary/aromatic N) is 5. The molecule has 0 aliphatic carbocycles. The summed E-state index contributed by atoms with van der Waals surface area (Å²) in [4.78, 5) is 23.5. The number of carbonyl (C=O) groups excluding carboxylic acids is 1. The first kappa shape index (κ1) is 14.1. The fraction of sp³-hybridized carbons (Fsp3) is 0.0769. The SMILES string of the molecule is O=C(CSc1nnc(-c2cccnc2)o1)Nc1ncccn1. The van der Waals surface area contributed by atoms with E-state index in [1.165, 1.54) is 0 Å². The molecule has 8 nitrogen and oxygen atoms in total. The zero-order valence-electron chi connectivity index (χ0n) is 11.2. The fourth-order valence-electron chi connectivity index (χ4n) is 1.53. The summed E-state index contributed by atoms with van der Waals surface area (Å²) in [5, 5.41) is 10.7. The van der Waals surface area contributed by atoms with Gasteiger partial charge in [0.2, 0.25) is 17.7 Å². The number of nitrogens with one attached hydrogen (secondary N) is 1. The van der Waals surface area contributed by atoms with Gasteiger partial charge in [0, 0.05) is 24.8 Å². The predicted octanol–water partition coefficient (Wildman–Crippen LogP) is 1.65. The summed E-state index contributed by atoms with van der Waals surface area (Å²) in [6.07, 6.45) is 6.38. The van der Waals surface area contributed by atoms with E-state index in [4.69, 9.17) is 4.42 Å². The summed E-state index contributed by atoms with van der Waals surface area (Å²) in [6.45, 7) is 0. The molecule has 0 atom stereocenters. The second kappa shape index (κ2) is 6.76. The van der Waals surface area contributed by atoms with Crippen molar-refractivity contribution in [3.05, 3.63) is 43.0 Å². The van der Waals surface area contributed by atoms with Crippen molar-refractivity contribution in [2.45, 2.75) is 5.22 Å². The van der Waals surface area contributed by atoms with Crippen LogP contribution in [0.5, 0.6) is 0 Å². The third kappa shape index (κ3) is 3.64. The van der Waals surface area contributed by atoms with E-state index in [0.29, 0.717) is 11.1 Å². The molecule has 0 fully saturated rings. The number of carbonyl (C=O) groups is 1. The Morgan fingerprint density at radius 1 is 1.18 bits per heavy atom. The number of thioether (sulfide) groups is 1. The lowest BCUT2D eigenvalue weighted by Crippen LogP contribution is -2.15. The number of pyridine rings is 1. The van der Waals surface area contributed by atoms with Crippen molar-refractivity contribution < 1.29 is 9.21 Å². The van der Waals surface area contributed by atoms with Crippen molar-refractivity contribution in [3.63, 3.8) is 0 Å². The van der Waals surface area contributed by atoms with Crippen LogP contribution in [-0.4, -0.2) is 36.8 Å². The molecule has 0 aliphatic rings. The van der Waals surface area contributed by atoms with Crippen LogP contribution in [0.2, 0.25) is 0 Å². The molecule has 0 radical (unpaired) electrons. The molecule has 0 unspecified atom stereocenters. The highest BCUT2D eigenvalue weighted by molar-refractivity contribution is 7.99. The van der Waals surface area contributed by atoms with Crippen LogP contribution >= 0.6 is 11.8 Å². The van der Waals surface area contributed by atoms with E-state index in [9.17, 15) is 4.79 Å². The minimum atomic E-state index is -0.252. The Balaban J connectivity index is 1.56. The van der Waals surface area contributed by atoms with Gasteiger partial charge >= 0.3 is 0 Å². The standard InChI is InChI=1S/C13H10N6O2S/c20-10(17-12-15-5-2-6-16-12)8-22-13-19-18-11(21-13)9-3-1-4-14-7-9/h1-7H,8H2,(H,15,16,17,20). The molecule has 0 saturated heterocycles. The van der Waals surface area contributed by atoms with Crippen LogP contribution in [-0.2, 0) is 4.79 Å².